The molecule has 2 bridgehead atoms. The fraction of sp³-hybridized carbons (Fsp3) is 0.519. The van der Waals surface area contributed by atoms with Gasteiger partial charge in [0.05, 0.1) is 40.0 Å². The average Bonchev–Trinajstić information content (AvgIpc) is 4.03. The first-order valence-corrected chi connectivity index (χ1v) is 24.4. The van der Waals surface area contributed by atoms with E-state index in [9.17, 15) is 19.5 Å². The molecule has 10 atom stereocenters. The molecule has 10 rings (SSSR count). The number of carbonyl (C=O) groups is 4. The number of benzene rings is 3. The van der Waals surface area contributed by atoms with E-state index in [-0.39, 0.29) is 17.9 Å². The van der Waals surface area contributed by atoms with Gasteiger partial charge in [-0.3, -0.25) is 19.3 Å². The third-order valence-corrected chi connectivity index (χ3v) is 17.4. The van der Waals surface area contributed by atoms with Crippen molar-refractivity contribution in [1.29, 1.82) is 0 Å². The van der Waals surface area contributed by atoms with Crippen LogP contribution in [0.3, 0.4) is 0 Å². The molecular weight excluding hydrogens is 879 g/mol. The summed E-state index contributed by atoms with van der Waals surface area (Å²) < 4.78 is 29.6. The van der Waals surface area contributed by atoms with Gasteiger partial charge in [-0.1, -0.05) is 44.2 Å². The van der Waals surface area contributed by atoms with Crippen molar-refractivity contribution >= 4 is 40.4 Å². The van der Waals surface area contributed by atoms with Gasteiger partial charge in [0, 0.05) is 96.5 Å². The monoisotopic (exact) mass is 943 g/mol. The Morgan fingerprint density at radius 1 is 0.884 bits per heavy atom. The molecule has 3 fully saturated rings. The summed E-state index contributed by atoms with van der Waals surface area (Å²) in [7, 11) is 7.75. The zero-order valence-corrected chi connectivity index (χ0v) is 41.0. The molecular formula is C54H65N5O10. The predicted octanol–water partition coefficient (Wildman–Crippen LogP) is 5.44. The van der Waals surface area contributed by atoms with Crippen LogP contribution in [0.2, 0.25) is 0 Å². The highest BCUT2D eigenvalue weighted by Gasteiger charge is 2.80. The van der Waals surface area contributed by atoms with Crippen LogP contribution in [0.5, 0.6) is 11.5 Å². The Labute approximate surface area is 403 Å². The number of fused-ring (bicyclic) bond motifs is 6. The molecule has 5 aliphatic heterocycles. The van der Waals surface area contributed by atoms with Gasteiger partial charge in [-0.2, -0.15) is 0 Å². The van der Waals surface area contributed by atoms with Crippen LogP contribution in [0.4, 0.5) is 5.69 Å². The van der Waals surface area contributed by atoms with Crippen LogP contribution in [0.1, 0.15) is 85.6 Å². The fourth-order valence-corrected chi connectivity index (χ4v) is 14.8. The number of carbonyl (C=O) groups excluding carboxylic acids is 4. The zero-order chi connectivity index (χ0) is 48.8. The minimum Gasteiger partial charge on any atom is -0.497 e. The number of hydrogen-bond acceptors (Lipinski definition) is 13. The minimum atomic E-state index is -2.33. The van der Waals surface area contributed by atoms with Crippen molar-refractivity contribution in [3.63, 3.8) is 0 Å². The smallest absolute Gasteiger partial charge is 0.344 e. The number of H-pyrrole nitrogens is 1. The van der Waals surface area contributed by atoms with Crippen molar-refractivity contribution in [2.45, 2.75) is 99.5 Å². The average molecular weight is 944 g/mol. The second kappa shape index (κ2) is 16.9. The molecule has 1 aliphatic carbocycles. The summed E-state index contributed by atoms with van der Waals surface area (Å²) in [6.45, 7) is 8.68. The van der Waals surface area contributed by atoms with Gasteiger partial charge in [-0.05, 0) is 98.5 Å². The SMILES string of the molecule is CC[C@]1(NC(=O)c2ccc(OC)cc2)C[C@H]2CN(CCc3c([nH]c4ccccc34)[C@@](C(=O)OC)(c3cc4c(cc3OC)N(C)[C@H]3[C@@](O)(C(=O)OC)[C@H](OC(C)=O)[C@]5(CC)C=CCN6CC[C@]43[C@@H]65)C2)C1. The van der Waals surface area contributed by atoms with Gasteiger partial charge in [0.15, 0.2) is 6.10 Å². The number of aromatic amines is 1. The molecule has 15 heteroatoms. The number of likely N-dealkylation sites (N-methyl/N-ethyl adjacent to an activating group) is 1. The van der Waals surface area contributed by atoms with Crippen molar-refractivity contribution in [3.8, 4) is 11.5 Å². The number of ether oxygens (including phenoxy) is 5. The zero-order valence-electron chi connectivity index (χ0n) is 41.0. The topological polar surface area (TPSA) is 172 Å². The summed E-state index contributed by atoms with van der Waals surface area (Å²) in [5, 5.41) is 18.0. The number of piperidine rings is 1. The first-order chi connectivity index (χ1) is 33.1. The van der Waals surface area contributed by atoms with Crippen LogP contribution in [0.15, 0.2) is 72.8 Å². The highest BCUT2D eigenvalue weighted by atomic mass is 16.6. The molecule has 1 aromatic heterocycles. The molecule has 6 aliphatic rings. The summed E-state index contributed by atoms with van der Waals surface area (Å²) >= 11 is 0. The van der Waals surface area contributed by atoms with Crippen molar-refractivity contribution in [3.05, 3.63) is 101 Å². The maximum absolute atomic E-state index is 15.7. The molecule has 69 heavy (non-hydrogen) atoms. The lowest BCUT2D eigenvalue weighted by atomic mass is 9.47. The van der Waals surface area contributed by atoms with Gasteiger partial charge < -0.3 is 48.9 Å². The molecule has 6 heterocycles. The maximum Gasteiger partial charge on any atom is 0.344 e. The number of rotatable bonds is 10. The number of nitrogens with zero attached hydrogens (tertiary/aromatic N) is 3. The normalized spacial score (nSPS) is 33.1. The Morgan fingerprint density at radius 2 is 1.64 bits per heavy atom. The number of amides is 1. The number of para-hydroxylation sites is 1. The molecule has 4 aromatic rings. The number of methoxy groups -OCH3 is 4. The Balaban J connectivity index is 1.21. The minimum absolute atomic E-state index is 0.139. The van der Waals surface area contributed by atoms with Gasteiger partial charge in [0.2, 0.25) is 5.60 Å². The fourth-order valence-electron chi connectivity index (χ4n) is 14.8. The van der Waals surface area contributed by atoms with E-state index in [1.165, 1.54) is 21.1 Å². The van der Waals surface area contributed by atoms with Gasteiger partial charge in [-0.15, -0.1) is 0 Å². The summed E-state index contributed by atoms with van der Waals surface area (Å²) in [5.41, 5.74) is -1.09. The third kappa shape index (κ3) is 6.55. The van der Waals surface area contributed by atoms with Crippen LogP contribution in [-0.2, 0) is 45.8 Å². The van der Waals surface area contributed by atoms with Crippen LogP contribution in [-0.4, -0.2) is 141 Å². The van der Waals surface area contributed by atoms with E-state index in [1.807, 2.05) is 43.1 Å². The summed E-state index contributed by atoms with van der Waals surface area (Å²) in [5.74, 6) is -1.18. The molecule has 1 unspecified atom stereocenters. The van der Waals surface area contributed by atoms with Crippen molar-refractivity contribution in [2.75, 3.05) is 73.1 Å². The van der Waals surface area contributed by atoms with Gasteiger partial charge >= 0.3 is 17.9 Å². The predicted molar refractivity (Wildman–Crippen MR) is 259 cm³/mol. The molecule has 1 spiro atoms. The molecule has 1 amide bonds. The van der Waals surface area contributed by atoms with Crippen LogP contribution in [0.25, 0.3) is 10.9 Å². The lowest BCUT2D eigenvalue weighted by Crippen LogP contribution is -2.81. The molecule has 2 saturated heterocycles. The molecule has 0 radical (unpaired) electrons. The van der Waals surface area contributed by atoms with E-state index in [0.717, 1.165) is 33.4 Å². The summed E-state index contributed by atoms with van der Waals surface area (Å²) in [4.78, 5) is 68.2. The van der Waals surface area contributed by atoms with E-state index in [0.29, 0.717) is 93.9 Å². The van der Waals surface area contributed by atoms with Crippen LogP contribution < -0.4 is 19.7 Å². The van der Waals surface area contributed by atoms with E-state index >= 15 is 4.79 Å². The first-order valence-electron chi connectivity index (χ1n) is 24.4. The second-order valence-electron chi connectivity index (χ2n) is 20.4. The summed E-state index contributed by atoms with van der Waals surface area (Å²) in [6, 6.07) is 18.0. The van der Waals surface area contributed by atoms with Crippen molar-refractivity contribution < 1.29 is 48.0 Å². The Bertz CT molecular complexity index is 2760. The molecule has 366 valence electrons. The first kappa shape index (κ1) is 46.8. The van der Waals surface area contributed by atoms with E-state index < -0.39 is 57.4 Å². The van der Waals surface area contributed by atoms with Crippen molar-refractivity contribution in [2.24, 2.45) is 11.3 Å². The highest BCUT2D eigenvalue weighted by Crippen LogP contribution is 2.68. The third-order valence-electron chi connectivity index (χ3n) is 17.4. The Morgan fingerprint density at radius 3 is 2.32 bits per heavy atom. The standard InChI is InChI=1S/C54H65N5O10/c1-9-50(56-44(61)34-16-18-35(65-5)19-17-34)28-33-29-53(48(62)67-7,43-37(20-24-58(30-33)31-50)36-14-11-12-15-40(36)55-43)39-26-38-41(27-42(39)66-6)57(4)46-52(38)22-25-59-23-13-21-51(10-2,45(52)59)47(69-32(3)60)54(46,64)49(63)68-8/h11-19,21,26-27,33,45-47,55,64H,9-10,20,22-25,28-31H2,1-8H3,(H,56,61)/t33-,45+,46-,47-,50+,51-,52-,53+,54+/m1/s1. The quantitative estimate of drug-likeness (QED) is 0.105. The number of nitrogens with one attached hydrogen (secondary N) is 2. The lowest BCUT2D eigenvalue weighted by molar-refractivity contribution is -0.228. The van der Waals surface area contributed by atoms with Gasteiger partial charge in [-0.25, -0.2) is 4.79 Å². The van der Waals surface area contributed by atoms with E-state index in [1.54, 1.807) is 38.5 Å². The number of esters is 3. The van der Waals surface area contributed by atoms with E-state index in [4.69, 9.17) is 23.7 Å². The van der Waals surface area contributed by atoms with Gasteiger partial charge in [0.25, 0.3) is 5.91 Å². The molecule has 3 aromatic carbocycles. The van der Waals surface area contributed by atoms with Crippen LogP contribution in [0, 0.1) is 11.3 Å². The van der Waals surface area contributed by atoms with Gasteiger partial charge in [0.1, 0.15) is 16.9 Å². The summed E-state index contributed by atoms with van der Waals surface area (Å²) in [6.07, 6.45) is 5.95. The lowest BCUT2D eigenvalue weighted by Gasteiger charge is -2.63. The number of aromatic nitrogens is 1. The molecule has 1 saturated carbocycles. The number of hydrogen-bond donors (Lipinski definition) is 3. The molecule has 15 nitrogen and oxygen atoms in total. The van der Waals surface area contributed by atoms with E-state index in [2.05, 4.69) is 51.3 Å². The number of aliphatic hydroxyl groups is 1. The largest absolute Gasteiger partial charge is 0.497 e. The number of anilines is 1. The van der Waals surface area contributed by atoms with Crippen LogP contribution >= 0.6 is 0 Å². The highest BCUT2D eigenvalue weighted by molar-refractivity contribution is 5.96. The Hall–Kier alpha value is -5.90. The second-order valence-corrected chi connectivity index (χ2v) is 20.4. The Kier molecular flexibility index (Phi) is 11.5. The maximum atomic E-state index is 15.7. The molecule has 3 N–H and O–H groups in total. The van der Waals surface area contributed by atoms with Crippen molar-refractivity contribution in [1.82, 2.24) is 20.1 Å².